The van der Waals surface area contributed by atoms with Crippen LogP contribution in [0.5, 0.6) is 0 Å². The summed E-state index contributed by atoms with van der Waals surface area (Å²) in [5, 5.41) is 0.515. The molecule has 2 aromatic rings. The zero-order valence-corrected chi connectivity index (χ0v) is 16.2. The lowest BCUT2D eigenvalue weighted by Crippen LogP contribution is -2.37. The first-order chi connectivity index (χ1) is 12.7. The van der Waals surface area contributed by atoms with Crippen LogP contribution in [0.4, 0.5) is 14.9 Å². The molecule has 2 heterocycles. The first-order valence-corrected chi connectivity index (χ1v) is 10.8. The predicted molar refractivity (Wildman–Crippen MR) is 102 cm³/mol. The van der Waals surface area contributed by atoms with E-state index in [2.05, 4.69) is 0 Å². The summed E-state index contributed by atoms with van der Waals surface area (Å²) in [6.45, 7) is 2.01. The Morgan fingerprint density at radius 3 is 2.59 bits per heavy atom. The van der Waals surface area contributed by atoms with Crippen LogP contribution in [0.3, 0.4) is 0 Å². The van der Waals surface area contributed by atoms with Crippen molar-refractivity contribution in [2.45, 2.75) is 25.6 Å². The van der Waals surface area contributed by atoms with Crippen molar-refractivity contribution in [3.05, 3.63) is 64.4 Å². The van der Waals surface area contributed by atoms with Gasteiger partial charge in [0.25, 0.3) is 0 Å². The number of nitrogens with zero attached hydrogens (tertiary/aromatic N) is 2. The summed E-state index contributed by atoms with van der Waals surface area (Å²) in [7, 11) is -3.26. The minimum atomic E-state index is -3.26. The quantitative estimate of drug-likeness (QED) is 0.731. The molecule has 2 aliphatic rings. The van der Waals surface area contributed by atoms with Crippen molar-refractivity contribution in [1.82, 2.24) is 4.90 Å². The van der Waals surface area contributed by atoms with E-state index in [1.165, 1.54) is 21.9 Å². The third kappa shape index (κ3) is 3.30. The first-order valence-electron chi connectivity index (χ1n) is 8.56. The Balaban J connectivity index is 1.72. The van der Waals surface area contributed by atoms with Gasteiger partial charge >= 0.3 is 6.03 Å². The number of amides is 2. The van der Waals surface area contributed by atoms with Gasteiger partial charge in [0, 0.05) is 17.3 Å². The van der Waals surface area contributed by atoms with Gasteiger partial charge in [0.05, 0.1) is 23.6 Å². The van der Waals surface area contributed by atoms with Crippen LogP contribution in [-0.2, 0) is 16.4 Å². The molecule has 2 aromatic carbocycles. The van der Waals surface area contributed by atoms with Gasteiger partial charge in [0.1, 0.15) is 5.82 Å². The SMILES string of the molecule is Cc1ccc(N2C(=O)N(Cc3cccc(F)c3)C3CS(=O)(=O)CC32)cc1Cl. The molecule has 0 aliphatic carbocycles. The van der Waals surface area contributed by atoms with E-state index in [0.29, 0.717) is 16.3 Å². The molecular formula is C19H18ClFN2O3S. The Morgan fingerprint density at radius 1 is 1.15 bits per heavy atom. The number of anilines is 1. The number of hydrogen-bond acceptors (Lipinski definition) is 3. The average molecular weight is 409 g/mol. The van der Waals surface area contributed by atoms with E-state index >= 15 is 0 Å². The van der Waals surface area contributed by atoms with Crippen molar-refractivity contribution in [3.8, 4) is 0 Å². The number of carbonyl (C=O) groups excluding carboxylic acids is 1. The first kappa shape index (κ1) is 18.3. The molecule has 5 nitrogen and oxygen atoms in total. The number of urea groups is 1. The van der Waals surface area contributed by atoms with Crippen LogP contribution in [0.2, 0.25) is 5.02 Å². The van der Waals surface area contributed by atoms with Gasteiger partial charge in [-0.1, -0.05) is 29.8 Å². The molecule has 0 N–H and O–H groups in total. The summed E-state index contributed by atoms with van der Waals surface area (Å²) in [6, 6.07) is 10.0. The maximum absolute atomic E-state index is 13.5. The van der Waals surface area contributed by atoms with E-state index in [1.54, 1.807) is 30.3 Å². The zero-order chi connectivity index (χ0) is 19.3. The molecule has 0 bridgehead atoms. The highest BCUT2D eigenvalue weighted by Gasteiger charge is 2.53. The molecule has 0 aromatic heterocycles. The third-order valence-electron chi connectivity index (χ3n) is 5.15. The van der Waals surface area contributed by atoms with Crippen molar-refractivity contribution < 1.29 is 17.6 Å². The predicted octanol–water partition coefficient (Wildman–Crippen LogP) is 3.40. The molecule has 27 heavy (non-hydrogen) atoms. The second-order valence-corrected chi connectivity index (χ2v) is 9.62. The van der Waals surface area contributed by atoms with Crippen LogP contribution in [-0.4, -0.2) is 42.9 Å². The molecule has 4 rings (SSSR count). The van der Waals surface area contributed by atoms with Crippen LogP contribution >= 0.6 is 11.6 Å². The average Bonchev–Trinajstić information content (AvgIpc) is 3.02. The van der Waals surface area contributed by atoms with E-state index in [4.69, 9.17) is 11.6 Å². The zero-order valence-electron chi connectivity index (χ0n) is 14.6. The summed E-state index contributed by atoms with van der Waals surface area (Å²) >= 11 is 6.21. The normalized spacial score (nSPS) is 23.7. The molecule has 2 unspecified atom stereocenters. The highest BCUT2D eigenvalue weighted by atomic mass is 35.5. The molecule has 2 amide bonds. The Morgan fingerprint density at radius 2 is 1.89 bits per heavy atom. The molecule has 2 atom stereocenters. The number of hydrogen-bond donors (Lipinski definition) is 0. The van der Waals surface area contributed by atoms with Crippen LogP contribution < -0.4 is 4.90 Å². The number of aryl methyl sites for hydroxylation is 1. The Hall–Kier alpha value is -2.12. The van der Waals surface area contributed by atoms with Gasteiger partial charge in [-0.05, 0) is 42.3 Å². The van der Waals surface area contributed by atoms with Gasteiger partial charge in [-0.3, -0.25) is 4.90 Å². The Labute approximate surface area is 162 Å². The van der Waals surface area contributed by atoms with Gasteiger partial charge < -0.3 is 4.90 Å². The number of benzene rings is 2. The summed E-state index contributed by atoms with van der Waals surface area (Å²) in [5.41, 5.74) is 2.07. The molecule has 0 saturated carbocycles. The molecule has 2 aliphatic heterocycles. The van der Waals surface area contributed by atoms with Crippen LogP contribution in [0, 0.1) is 12.7 Å². The number of rotatable bonds is 3. The highest BCUT2D eigenvalue weighted by Crippen LogP contribution is 2.37. The number of fused-ring (bicyclic) bond motifs is 1. The van der Waals surface area contributed by atoms with Gasteiger partial charge in [-0.25, -0.2) is 17.6 Å². The monoisotopic (exact) mass is 408 g/mol. The lowest BCUT2D eigenvalue weighted by atomic mass is 10.1. The number of carbonyl (C=O) groups is 1. The van der Waals surface area contributed by atoms with Crippen LogP contribution in [0.25, 0.3) is 0 Å². The van der Waals surface area contributed by atoms with E-state index in [9.17, 15) is 17.6 Å². The minimum Gasteiger partial charge on any atom is -0.314 e. The maximum atomic E-state index is 13.5. The van der Waals surface area contributed by atoms with Crippen molar-refractivity contribution in [2.75, 3.05) is 16.4 Å². The van der Waals surface area contributed by atoms with Gasteiger partial charge in [-0.15, -0.1) is 0 Å². The fraction of sp³-hybridized carbons (Fsp3) is 0.316. The van der Waals surface area contributed by atoms with Crippen molar-refractivity contribution in [2.24, 2.45) is 0 Å². The van der Waals surface area contributed by atoms with Gasteiger partial charge in [0.15, 0.2) is 9.84 Å². The summed E-state index contributed by atoms with van der Waals surface area (Å²) in [6.07, 6.45) is 0. The fourth-order valence-electron chi connectivity index (χ4n) is 3.83. The van der Waals surface area contributed by atoms with Gasteiger partial charge in [-0.2, -0.15) is 0 Å². The van der Waals surface area contributed by atoms with Gasteiger partial charge in [0.2, 0.25) is 0 Å². The second-order valence-electron chi connectivity index (χ2n) is 7.06. The molecular weight excluding hydrogens is 391 g/mol. The molecule has 2 saturated heterocycles. The Kier molecular flexibility index (Phi) is 4.39. The smallest absolute Gasteiger partial charge is 0.314 e. The van der Waals surface area contributed by atoms with Crippen molar-refractivity contribution in [1.29, 1.82) is 0 Å². The summed E-state index contributed by atoms with van der Waals surface area (Å²) in [4.78, 5) is 16.2. The topological polar surface area (TPSA) is 57.7 Å². The van der Waals surface area contributed by atoms with E-state index in [0.717, 1.165) is 5.56 Å². The van der Waals surface area contributed by atoms with Crippen LogP contribution in [0.1, 0.15) is 11.1 Å². The third-order valence-corrected chi connectivity index (χ3v) is 7.26. The van der Waals surface area contributed by atoms with E-state index in [-0.39, 0.29) is 24.1 Å². The minimum absolute atomic E-state index is 0.0885. The highest BCUT2D eigenvalue weighted by molar-refractivity contribution is 7.91. The molecule has 8 heteroatoms. The Bertz CT molecular complexity index is 1030. The number of sulfone groups is 1. The van der Waals surface area contributed by atoms with Crippen molar-refractivity contribution >= 4 is 33.2 Å². The molecule has 0 radical (unpaired) electrons. The lowest BCUT2D eigenvalue weighted by Gasteiger charge is -2.23. The molecule has 0 spiro atoms. The molecule has 142 valence electrons. The molecule has 2 fully saturated rings. The largest absolute Gasteiger partial charge is 0.325 e. The standard InChI is InChI=1S/C19H18ClFN2O3S/c1-12-5-6-15(8-16(12)20)23-18-11-27(25,26)10-17(18)22(19(23)24)9-13-3-2-4-14(21)7-13/h2-8,17-18H,9-11H2,1H3. The number of halogens is 2. The van der Waals surface area contributed by atoms with Crippen LogP contribution in [0.15, 0.2) is 42.5 Å². The lowest BCUT2D eigenvalue weighted by molar-refractivity contribution is 0.206. The second kappa shape index (κ2) is 6.49. The van der Waals surface area contributed by atoms with Crippen molar-refractivity contribution in [3.63, 3.8) is 0 Å². The summed E-state index contributed by atoms with van der Waals surface area (Å²) < 4.78 is 38.0. The van der Waals surface area contributed by atoms with E-state index < -0.39 is 27.7 Å². The maximum Gasteiger partial charge on any atom is 0.325 e. The fourth-order valence-corrected chi connectivity index (χ4v) is 5.95. The van der Waals surface area contributed by atoms with E-state index in [1.807, 2.05) is 6.92 Å². The summed E-state index contributed by atoms with van der Waals surface area (Å²) in [5.74, 6) is -0.569.